The molecule has 112 valence electrons. The Balaban J connectivity index is 2.48. The number of hydrogen-bond acceptors (Lipinski definition) is 3. The number of rotatable bonds is 3. The Morgan fingerprint density at radius 2 is 1.86 bits per heavy atom. The first kappa shape index (κ1) is 15.9. The highest BCUT2D eigenvalue weighted by molar-refractivity contribution is 9.10. The lowest BCUT2D eigenvalue weighted by Gasteiger charge is -2.21. The molecule has 1 aromatic carbocycles. The first-order valence-electron chi connectivity index (χ1n) is 6.81. The van der Waals surface area contributed by atoms with E-state index in [4.69, 9.17) is 0 Å². The number of halogens is 2. The normalized spacial score (nSPS) is 11.5. The number of nitrogens with one attached hydrogen (secondary N) is 1. The summed E-state index contributed by atoms with van der Waals surface area (Å²) < 4.78 is 14.6. The number of nitrogens with zero attached hydrogens (tertiary/aromatic N) is 2. The fourth-order valence-corrected chi connectivity index (χ4v) is 3.02. The minimum Gasteiger partial charge on any atom is -0.372 e. The van der Waals surface area contributed by atoms with Gasteiger partial charge in [-0.3, -0.25) is 0 Å². The molecule has 0 atom stereocenters. The third-order valence-corrected chi connectivity index (χ3v) is 3.90. The van der Waals surface area contributed by atoms with E-state index >= 15 is 0 Å². The molecule has 1 aromatic heterocycles. The van der Waals surface area contributed by atoms with Crippen molar-refractivity contribution in [1.82, 2.24) is 9.97 Å². The van der Waals surface area contributed by atoms with E-state index < -0.39 is 0 Å². The third-order valence-electron chi connectivity index (χ3n) is 3.15. The highest BCUT2D eigenvalue weighted by Gasteiger charge is 2.23. The molecule has 0 spiro atoms. The summed E-state index contributed by atoms with van der Waals surface area (Å²) in [7, 11) is 1.81. The Morgan fingerprint density at radius 1 is 1.19 bits per heavy atom. The van der Waals surface area contributed by atoms with Gasteiger partial charge in [-0.15, -0.1) is 0 Å². The largest absolute Gasteiger partial charge is 0.372 e. The summed E-state index contributed by atoms with van der Waals surface area (Å²) >= 11 is 3.55. The number of benzene rings is 1. The molecule has 21 heavy (non-hydrogen) atoms. The van der Waals surface area contributed by atoms with Crippen LogP contribution >= 0.6 is 15.9 Å². The maximum absolute atomic E-state index is 13.8. The predicted octanol–water partition coefficient (Wildman–Crippen LogP) is 4.31. The van der Waals surface area contributed by atoms with Crippen LogP contribution in [-0.2, 0) is 11.8 Å². The SMILES string of the molecule is CNc1nc(Cc2ccccc2F)nc(C(C)(C)C)c1Br. The second-order valence-electron chi connectivity index (χ2n) is 5.92. The summed E-state index contributed by atoms with van der Waals surface area (Å²) in [5, 5.41) is 3.06. The van der Waals surface area contributed by atoms with Crippen molar-refractivity contribution in [2.75, 3.05) is 12.4 Å². The van der Waals surface area contributed by atoms with Gasteiger partial charge in [0, 0.05) is 18.9 Å². The van der Waals surface area contributed by atoms with Crippen LogP contribution in [0.4, 0.5) is 10.2 Å². The highest BCUT2D eigenvalue weighted by Crippen LogP contribution is 2.32. The van der Waals surface area contributed by atoms with Crippen molar-refractivity contribution in [2.24, 2.45) is 0 Å². The summed E-state index contributed by atoms with van der Waals surface area (Å²) in [6, 6.07) is 6.72. The minimum absolute atomic E-state index is 0.128. The lowest BCUT2D eigenvalue weighted by atomic mass is 9.91. The van der Waals surface area contributed by atoms with Gasteiger partial charge in [-0.1, -0.05) is 39.0 Å². The van der Waals surface area contributed by atoms with Crippen molar-refractivity contribution in [3.63, 3.8) is 0 Å². The van der Waals surface area contributed by atoms with Gasteiger partial charge in [-0.2, -0.15) is 0 Å². The molecule has 0 unspecified atom stereocenters. The van der Waals surface area contributed by atoms with Gasteiger partial charge in [0.25, 0.3) is 0 Å². The molecule has 3 nitrogen and oxygen atoms in total. The Bertz CT molecular complexity index is 650. The fourth-order valence-electron chi connectivity index (χ4n) is 2.05. The zero-order chi connectivity index (χ0) is 15.6. The second-order valence-corrected chi connectivity index (χ2v) is 6.71. The monoisotopic (exact) mass is 351 g/mol. The summed E-state index contributed by atoms with van der Waals surface area (Å²) in [5.41, 5.74) is 1.38. The van der Waals surface area contributed by atoms with E-state index in [-0.39, 0.29) is 11.2 Å². The van der Waals surface area contributed by atoms with Gasteiger partial charge in [0.1, 0.15) is 17.5 Å². The molecule has 1 heterocycles. The minimum atomic E-state index is -0.229. The molecule has 2 aromatic rings. The highest BCUT2D eigenvalue weighted by atomic mass is 79.9. The Kier molecular flexibility index (Phi) is 4.61. The van der Waals surface area contributed by atoms with Crippen molar-refractivity contribution < 1.29 is 4.39 Å². The maximum Gasteiger partial charge on any atom is 0.144 e. The zero-order valence-corrected chi connectivity index (χ0v) is 14.3. The van der Waals surface area contributed by atoms with Gasteiger partial charge in [-0.25, -0.2) is 14.4 Å². The van der Waals surface area contributed by atoms with Gasteiger partial charge >= 0.3 is 0 Å². The molecule has 0 aliphatic rings. The molecule has 0 saturated heterocycles. The van der Waals surface area contributed by atoms with E-state index in [1.165, 1.54) is 6.07 Å². The Morgan fingerprint density at radius 3 is 2.43 bits per heavy atom. The van der Waals surface area contributed by atoms with Gasteiger partial charge in [0.2, 0.25) is 0 Å². The van der Waals surface area contributed by atoms with E-state index in [1.807, 2.05) is 13.1 Å². The van der Waals surface area contributed by atoms with Gasteiger partial charge in [-0.05, 0) is 27.6 Å². The van der Waals surface area contributed by atoms with Crippen LogP contribution in [0, 0.1) is 5.82 Å². The fraction of sp³-hybridized carbons (Fsp3) is 0.375. The standard InChI is InChI=1S/C16H19BrFN3/c1-16(2,3)14-13(17)15(19-4)21-12(20-14)9-10-7-5-6-8-11(10)18/h5-8H,9H2,1-4H3,(H,19,20,21). The molecule has 0 radical (unpaired) electrons. The van der Waals surface area contributed by atoms with E-state index in [2.05, 4.69) is 52.0 Å². The van der Waals surface area contributed by atoms with Gasteiger partial charge < -0.3 is 5.32 Å². The molecular formula is C16H19BrFN3. The molecule has 5 heteroatoms. The molecule has 1 N–H and O–H groups in total. The Hall–Kier alpha value is -1.49. The van der Waals surface area contributed by atoms with Crippen LogP contribution in [0.1, 0.15) is 37.9 Å². The molecule has 0 aliphatic carbocycles. The number of hydrogen-bond donors (Lipinski definition) is 1. The molecule has 2 rings (SSSR count). The number of anilines is 1. The van der Waals surface area contributed by atoms with Crippen LogP contribution in [-0.4, -0.2) is 17.0 Å². The third kappa shape index (κ3) is 3.59. The van der Waals surface area contributed by atoms with Gasteiger partial charge in [0.05, 0.1) is 10.2 Å². The zero-order valence-electron chi connectivity index (χ0n) is 12.7. The summed E-state index contributed by atoms with van der Waals surface area (Å²) in [4.78, 5) is 9.09. The molecular weight excluding hydrogens is 333 g/mol. The van der Waals surface area contributed by atoms with Crippen LogP contribution in [0.5, 0.6) is 0 Å². The maximum atomic E-state index is 13.8. The predicted molar refractivity (Wildman–Crippen MR) is 87.2 cm³/mol. The van der Waals surface area contributed by atoms with E-state index in [0.29, 0.717) is 17.8 Å². The summed E-state index contributed by atoms with van der Waals surface area (Å²) in [5.74, 6) is 1.10. The second kappa shape index (κ2) is 6.10. The van der Waals surface area contributed by atoms with Crippen LogP contribution < -0.4 is 5.32 Å². The average Bonchev–Trinajstić information content (AvgIpc) is 2.41. The van der Waals surface area contributed by atoms with Crippen LogP contribution in [0.15, 0.2) is 28.7 Å². The molecule has 0 amide bonds. The summed E-state index contributed by atoms with van der Waals surface area (Å²) in [6.07, 6.45) is 0.373. The lowest BCUT2D eigenvalue weighted by molar-refractivity contribution is 0.558. The molecule has 0 fully saturated rings. The van der Waals surface area contributed by atoms with Crippen molar-refractivity contribution >= 4 is 21.7 Å². The van der Waals surface area contributed by atoms with Crippen molar-refractivity contribution in [1.29, 1.82) is 0 Å². The smallest absolute Gasteiger partial charge is 0.144 e. The topological polar surface area (TPSA) is 37.8 Å². The van der Waals surface area contributed by atoms with Crippen LogP contribution in [0.3, 0.4) is 0 Å². The van der Waals surface area contributed by atoms with E-state index in [9.17, 15) is 4.39 Å². The lowest BCUT2D eigenvalue weighted by Crippen LogP contribution is -2.18. The number of aromatic nitrogens is 2. The average molecular weight is 352 g/mol. The van der Waals surface area contributed by atoms with E-state index in [1.54, 1.807) is 12.1 Å². The first-order chi connectivity index (χ1) is 9.82. The van der Waals surface area contributed by atoms with Crippen molar-refractivity contribution in [2.45, 2.75) is 32.6 Å². The molecule has 0 saturated carbocycles. The molecule has 0 aliphatic heterocycles. The summed E-state index contributed by atoms with van der Waals surface area (Å²) in [6.45, 7) is 6.27. The quantitative estimate of drug-likeness (QED) is 0.895. The van der Waals surface area contributed by atoms with Crippen LogP contribution in [0.2, 0.25) is 0 Å². The van der Waals surface area contributed by atoms with Crippen molar-refractivity contribution in [3.8, 4) is 0 Å². The van der Waals surface area contributed by atoms with E-state index in [0.717, 1.165) is 16.0 Å². The molecule has 0 bridgehead atoms. The first-order valence-corrected chi connectivity index (χ1v) is 7.60. The van der Waals surface area contributed by atoms with Crippen molar-refractivity contribution in [3.05, 3.63) is 51.6 Å². The Labute approximate surface area is 133 Å². The van der Waals surface area contributed by atoms with Crippen LogP contribution in [0.25, 0.3) is 0 Å². The van der Waals surface area contributed by atoms with Gasteiger partial charge in [0.15, 0.2) is 0 Å².